The van der Waals surface area contributed by atoms with Gasteiger partial charge in [0.25, 0.3) is 0 Å². The van der Waals surface area contributed by atoms with Crippen molar-refractivity contribution in [3.63, 3.8) is 0 Å². The van der Waals surface area contributed by atoms with Crippen LogP contribution in [-0.4, -0.2) is 23.9 Å². The Hall–Kier alpha value is -1.04. The zero-order valence-corrected chi connectivity index (χ0v) is 9.42. The Kier molecular flexibility index (Phi) is 6.82. The van der Waals surface area contributed by atoms with E-state index in [1.165, 1.54) is 0 Å². The van der Waals surface area contributed by atoms with E-state index in [4.69, 9.17) is 5.26 Å². The predicted octanol–water partition coefficient (Wildman–Crippen LogP) is 2.18. The molecular weight excluding hydrogens is 176 g/mol. The van der Waals surface area contributed by atoms with Crippen molar-refractivity contribution in [1.82, 2.24) is 4.90 Å². The SMILES string of the molecule is CCC(C)CC(=O)N(CC)CCC#N. The molecule has 0 aliphatic carbocycles. The normalized spacial score (nSPS) is 11.9. The molecule has 0 saturated carbocycles. The van der Waals surface area contributed by atoms with Gasteiger partial charge in [0.05, 0.1) is 12.5 Å². The zero-order chi connectivity index (χ0) is 11.0. The summed E-state index contributed by atoms with van der Waals surface area (Å²) >= 11 is 0. The maximum Gasteiger partial charge on any atom is 0.222 e. The molecule has 0 fully saturated rings. The summed E-state index contributed by atoms with van der Waals surface area (Å²) in [5.41, 5.74) is 0. The standard InChI is InChI=1S/C11H20N2O/c1-4-10(3)9-11(14)13(5-2)8-6-7-12/h10H,4-6,8-9H2,1-3H3. The van der Waals surface area contributed by atoms with Gasteiger partial charge in [0.15, 0.2) is 0 Å². The monoisotopic (exact) mass is 196 g/mol. The second-order valence-electron chi connectivity index (χ2n) is 3.60. The molecule has 3 heteroatoms. The van der Waals surface area contributed by atoms with E-state index in [-0.39, 0.29) is 5.91 Å². The van der Waals surface area contributed by atoms with E-state index in [1.807, 2.05) is 6.92 Å². The minimum Gasteiger partial charge on any atom is -0.342 e. The Bertz CT molecular complexity index is 208. The summed E-state index contributed by atoms with van der Waals surface area (Å²) in [6.07, 6.45) is 2.07. The number of hydrogen-bond donors (Lipinski definition) is 0. The molecule has 3 nitrogen and oxygen atoms in total. The topological polar surface area (TPSA) is 44.1 Å². The summed E-state index contributed by atoms with van der Waals surface area (Å²) < 4.78 is 0. The molecule has 0 aliphatic rings. The third-order valence-corrected chi connectivity index (χ3v) is 2.45. The van der Waals surface area contributed by atoms with E-state index >= 15 is 0 Å². The third-order valence-electron chi connectivity index (χ3n) is 2.45. The lowest BCUT2D eigenvalue weighted by Gasteiger charge is -2.21. The molecule has 0 radical (unpaired) electrons. The van der Waals surface area contributed by atoms with Crippen molar-refractivity contribution in [3.8, 4) is 6.07 Å². The molecule has 0 spiro atoms. The second-order valence-corrected chi connectivity index (χ2v) is 3.60. The fourth-order valence-corrected chi connectivity index (χ4v) is 1.22. The van der Waals surface area contributed by atoms with E-state index in [1.54, 1.807) is 4.90 Å². The summed E-state index contributed by atoms with van der Waals surface area (Å²) in [4.78, 5) is 13.4. The Balaban J connectivity index is 3.98. The van der Waals surface area contributed by atoms with Gasteiger partial charge in [-0.05, 0) is 12.8 Å². The number of carbonyl (C=O) groups excluding carboxylic acids is 1. The van der Waals surface area contributed by atoms with E-state index < -0.39 is 0 Å². The molecule has 0 aromatic heterocycles. The molecule has 0 saturated heterocycles. The highest BCUT2D eigenvalue weighted by Crippen LogP contribution is 2.09. The smallest absolute Gasteiger partial charge is 0.222 e. The van der Waals surface area contributed by atoms with Crippen LogP contribution in [0.5, 0.6) is 0 Å². The Morgan fingerprint density at radius 1 is 1.50 bits per heavy atom. The lowest BCUT2D eigenvalue weighted by atomic mass is 10.0. The van der Waals surface area contributed by atoms with Crippen LogP contribution in [0, 0.1) is 17.2 Å². The van der Waals surface area contributed by atoms with Gasteiger partial charge in [-0.3, -0.25) is 4.79 Å². The molecule has 0 heterocycles. The third kappa shape index (κ3) is 4.86. The van der Waals surface area contributed by atoms with Crippen molar-refractivity contribution in [2.24, 2.45) is 5.92 Å². The molecular formula is C11H20N2O. The second kappa shape index (κ2) is 7.37. The predicted molar refractivity (Wildman–Crippen MR) is 56.6 cm³/mol. The first-order valence-electron chi connectivity index (χ1n) is 5.30. The quantitative estimate of drug-likeness (QED) is 0.653. The fraction of sp³-hybridized carbons (Fsp3) is 0.818. The van der Waals surface area contributed by atoms with Gasteiger partial charge >= 0.3 is 0 Å². The van der Waals surface area contributed by atoms with Gasteiger partial charge in [0.1, 0.15) is 0 Å². The molecule has 0 aliphatic heterocycles. The minimum atomic E-state index is 0.178. The molecule has 0 aromatic carbocycles. The zero-order valence-electron chi connectivity index (χ0n) is 9.42. The van der Waals surface area contributed by atoms with E-state index in [0.29, 0.717) is 31.8 Å². The van der Waals surface area contributed by atoms with Gasteiger partial charge in [-0.25, -0.2) is 0 Å². The number of nitriles is 1. The molecule has 14 heavy (non-hydrogen) atoms. The van der Waals surface area contributed by atoms with Crippen LogP contribution >= 0.6 is 0 Å². The van der Waals surface area contributed by atoms with Gasteiger partial charge in [0, 0.05) is 19.5 Å². The van der Waals surface area contributed by atoms with Crippen LogP contribution in [0.25, 0.3) is 0 Å². The Labute approximate surface area is 86.7 Å². The molecule has 0 N–H and O–H groups in total. The summed E-state index contributed by atoms with van der Waals surface area (Å²) in [6, 6.07) is 2.06. The minimum absolute atomic E-state index is 0.178. The maximum atomic E-state index is 11.7. The van der Waals surface area contributed by atoms with Crippen LogP contribution in [0.15, 0.2) is 0 Å². The fourth-order valence-electron chi connectivity index (χ4n) is 1.22. The lowest BCUT2D eigenvalue weighted by Crippen LogP contribution is -2.32. The summed E-state index contributed by atoms with van der Waals surface area (Å²) in [5, 5.41) is 8.43. The van der Waals surface area contributed by atoms with Crippen LogP contribution in [-0.2, 0) is 4.79 Å². The van der Waals surface area contributed by atoms with Crippen LogP contribution in [0.3, 0.4) is 0 Å². The van der Waals surface area contributed by atoms with Crippen LogP contribution in [0.1, 0.15) is 40.0 Å². The summed E-state index contributed by atoms with van der Waals surface area (Å²) in [7, 11) is 0. The van der Waals surface area contributed by atoms with Gasteiger partial charge in [0.2, 0.25) is 5.91 Å². The maximum absolute atomic E-state index is 11.7. The van der Waals surface area contributed by atoms with Crippen LogP contribution in [0.4, 0.5) is 0 Å². The van der Waals surface area contributed by atoms with Crippen molar-refractivity contribution in [1.29, 1.82) is 5.26 Å². The number of nitrogens with zero attached hydrogens (tertiary/aromatic N) is 2. The first kappa shape index (κ1) is 13.0. The first-order chi connectivity index (χ1) is 6.65. The highest BCUT2D eigenvalue weighted by Gasteiger charge is 2.13. The molecule has 0 bridgehead atoms. The van der Waals surface area contributed by atoms with Crippen molar-refractivity contribution >= 4 is 5.91 Å². The summed E-state index contributed by atoms with van der Waals surface area (Å²) in [6.45, 7) is 7.39. The van der Waals surface area contributed by atoms with Crippen molar-refractivity contribution in [3.05, 3.63) is 0 Å². The largest absolute Gasteiger partial charge is 0.342 e. The molecule has 1 atom stereocenters. The molecule has 1 amide bonds. The van der Waals surface area contributed by atoms with Crippen LogP contribution in [0.2, 0.25) is 0 Å². The average Bonchev–Trinajstić information content (AvgIpc) is 2.18. The number of hydrogen-bond acceptors (Lipinski definition) is 2. The number of rotatable bonds is 6. The number of amides is 1. The van der Waals surface area contributed by atoms with Crippen molar-refractivity contribution in [2.75, 3.05) is 13.1 Å². The van der Waals surface area contributed by atoms with Crippen molar-refractivity contribution < 1.29 is 4.79 Å². The summed E-state index contributed by atoms with van der Waals surface area (Å²) in [5.74, 6) is 0.621. The lowest BCUT2D eigenvalue weighted by molar-refractivity contribution is -0.131. The highest BCUT2D eigenvalue weighted by molar-refractivity contribution is 5.76. The molecule has 0 aromatic rings. The van der Waals surface area contributed by atoms with Crippen molar-refractivity contribution in [2.45, 2.75) is 40.0 Å². The molecule has 0 rings (SSSR count). The molecule has 80 valence electrons. The number of carbonyl (C=O) groups is 1. The van der Waals surface area contributed by atoms with Gasteiger partial charge < -0.3 is 4.90 Å². The molecule has 1 unspecified atom stereocenters. The Morgan fingerprint density at radius 3 is 2.57 bits per heavy atom. The van der Waals surface area contributed by atoms with Gasteiger partial charge in [-0.15, -0.1) is 0 Å². The van der Waals surface area contributed by atoms with E-state index in [9.17, 15) is 4.79 Å². The van der Waals surface area contributed by atoms with Crippen LogP contribution < -0.4 is 0 Å². The highest BCUT2D eigenvalue weighted by atomic mass is 16.2. The Morgan fingerprint density at radius 2 is 2.14 bits per heavy atom. The average molecular weight is 196 g/mol. The first-order valence-corrected chi connectivity index (χ1v) is 5.30. The van der Waals surface area contributed by atoms with Gasteiger partial charge in [-0.2, -0.15) is 5.26 Å². The van der Waals surface area contributed by atoms with E-state index in [0.717, 1.165) is 6.42 Å². The van der Waals surface area contributed by atoms with Gasteiger partial charge in [-0.1, -0.05) is 20.3 Å². The van der Waals surface area contributed by atoms with E-state index in [2.05, 4.69) is 19.9 Å².